The molecule has 0 spiro atoms. The summed E-state index contributed by atoms with van der Waals surface area (Å²) < 4.78 is 44.5. The molecule has 8 rings (SSSR count). The summed E-state index contributed by atoms with van der Waals surface area (Å²) in [5.74, 6) is 0.552. The van der Waals surface area contributed by atoms with Crippen molar-refractivity contribution in [2.45, 2.75) is 39.4 Å². The van der Waals surface area contributed by atoms with Gasteiger partial charge in [0.1, 0.15) is 36.3 Å². The van der Waals surface area contributed by atoms with Gasteiger partial charge in [0.15, 0.2) is 5.82 Å². The third-order valence-electron chi connectivity index (χ3n) is 11.5. The highest BCUT2D eigenvalue weighted by Gasteiger charge is 2.32. The van der Waals surface area contributed by atoms with Gasteiger partial charge in [-0.25, -0.2) is 19.2 Å². The van der Waals surface area contributed by atoms with Crippen LogP contribution in [0.3, 0.4) is 0 Å². The van der Waals surface area contributed by atoms with Gasteiger partial charge in [-0.2, -0.15) is 4.37 Å². The van der Waals surface area contributed by atoms with Crippen molar-refractivity contribution in [2.24, 2.45) is 5.92 Å². The first kappa shape index (κ1) is 44.9. The van der Waals surface area contributed by atoms with Gasteiger partial charge in [0.05, 0.1) is 44.2 Å². The van der Waals surface area contributed by atoms with Crippen LogP contribution in [0.4, 0.5) is 4.39 Å². The molecule has 0 saturated carbocycles. The second-order valence-corrected chi connectivity index (χ2v) is 17.4. The summed E-state index contributed by atoms with van der Waals surface area (Å²) in [6.07, 6.45) is 2.41. The summed E-state index contributed by atoms with van der Waals surface area (Å²) in [5, 5.41) is 11.7. The minimum Gasteiger partial charge on any atom is -0.496 e. The maximum atomic E-state index is 14.5. The Hall–Kier alpha value is -5.64. The Bertz CT molecular complexity index is 2740. The van der Waals surface area contributed by atoms with Crippen molar-refractivity contribution in [3.63, 3.8) is 0 Å². The number of aliphatic carboxylic acids is 1. The molecular weight excluding hydrogens is 879 g/mol. The van der Waals surface area contributed by atoms with Gasteiger partial charge in [0, 0.05) is 68.6 Å². The summed E-state index contributed by atoms with van der Waals surface area (Å²) in [5.41, 5.74) is 5.29. The number of likely N-dealkylation sites (N-methyl/N-ethyl adjacent to an activating group) is 1. The first-order chi connectivity index (χ1) is 31.0. The first-order valence-electron chi connectivity index (χ1n) is 20.9. The van der Waals surface area contributed by atoms with Crippen LogP contribution in [0.2, 0.25) is 5.02 Å². The fourth-order valence-corrected chi connectivity index (χ4v) is 9.23. The molecule has 64 heavy (non-hydrogen) atoms. The number of carboxylic acid groups (broad SMARTS) is 1. The number of rotatable bonds is 16. The van der Waals surface area contributed by atoms with Gasteiger partial charge in [-0.1, -0.05) is 60.5 Å². The number of hydrogen-bond acceptors (Lipinski definition) is 12. The Morgan fingerprint density at radius 3 is 2.53 bits per heavy atom. The summed E-state index contributed by atoms with van der Waals surface area (Å²) in [6, 6.07) is 20.9. The smallest absolute Gasteiger partial charge is 0.345 e. The SMILES string of the molecule is COc1ccccc1-c1nccc(COc2ccccc2C[C@@H](Oc2nsc3cnc(-c4ccc(F)c(Cl)c4)c(C4=C(C)C(Cl)=C(OCCN5CCN(C)CC5)C(C)C4)c23)C(=O)O)n1. The number of nitrogens with zero attached hydrogens (tertiary/aromatic N) is 6. The Labute approximate surface area is 385 Å². The average Bonchev–Trinajstić information content (AvgIpc) is 3.72. The van der Waals surface area contributed by atoms with Crippen molar-refractivity contribution >= 4 is 56.4 Å². The zero-order valence-electron chi connectivity index (χ0n) is 35.8. The number of para-hydroxylation sites is 2. The lowest BCUT2D eigenvalue weighted by Gasteiger charge is -2.33. The van der Waals surface area contributed by atoms with Crippen molar-refractivity contribution in [3.05, 3.63) is 129 Å². The van der Waals surface area contributed by atoms with Crippen molar-refractivity contribution in [3.8, 4) is 40.0 Å². The molecule has 1 aliphatic carbocycles. The van der Waals surface area contributed by atoms with Gasteiger partial charge < -0.3 is 29.0 Å². The van der Waals surface area contributed by atoms with E-state index < -0.39 is 17.9 Å². The van der Waals surface area contributed by atoms with E-state index in [0.717, 1.165) is 61.0 Å². The molecule has 3 aromatic carbocycles. The van der Waals surface area contributed by atoms with Crippen molar-refractivity contribution < 1.29 is 33.2 Å². The molecule has 16 heteroatoms. The van der Waals surface area contributed by atoms with E-state index in [-0.39, 0.29) is 29.8 Å². The number of carbonyl (C=O) groups is 1. The molecule has 3 aromatic heterocycles. The lowest BCUT2D eigenvalue weighted by molar-refractivity contribution is -0.145. The van der Waals surface area contributed by atoms with E-state index in [4.69, 9.17) is 52.1 Å². The van der Waals surface area contributed by atoms with E-state index in [2.05, 4.69) is 33.1 Å². The molecule has 1 aliphatic heterocycles. The lowest BCUT2D eigenvalue weighted by atomic mass is 9.83. The standard InChI is InChI=1S/C48H47Cl2FN6O6S/c1-28-23-34(29(2)43(50)45(28)61-22-21-57-19-17-56(3)18-20-57)41-42-40(26-53-44(41)31-13-14-36(51)35(49)24-31)64-55-47(42)63-39(48(58)59)25-30-9-5-7-11-37(30)62-27-32-15-16-52-46(54-32)33-10-6-8-12-38(33)60-4/h5-16,24,26,28,39H,17-23,25,27H2,1-4H3,(H,58,59)/t28?,39-/m1/s1. The number of aromatic nitrogens is 4. The van der Waals surface area contributed by atoms with E-state index in [9.17, 15) is 14.3 Å². The Balaban J connectivity index is 1.10. The number of benzene rings is 3. The van der Waals surface area contributed by atoms with E-state index in [1.807, 2.05) is 43.3 Å². The van der Waals surface area contributed by atoms with Gasteiger partial charge in [-0.15, -0.1) is 0 Å². The maximum Gasteiger partial charge on any atom is 0.345 e. The average molecular weight is 926 g/mol. The minimum absolute atomic E-state index is 0.0518. The largest absolute Gasteiger partial charge is 0.496 e. The van der Waals surface area contributed by atoms with Crippen molar-refractivity contribution in [1.29, 1.82) is 0 Å². The third-order valence-corrected chi connectivity index (χ3v) is 13.1. The number of halogens is 3. The summed E-state index contributed by atoms with van der Waals surface area (Å²) in [7, 11) is 3.73. The predicted octanol–water partition coefficient (Wildman–Crippen LogP) is 9.80. The second-order valence-electron chi connectivity index (χ2n) is 15.8. The minimum atomic E-state index is -1.37. The van der Waals surface area contributed by atoms with E-state index in [0.29, 0.717) is 79.3 Å². The molecule has 2 atom stereocenters. The quantitative estimate of drug-likeness (QED) is 0.0991. The highest BCUT2D eigenvalue weighted by atomic mass is 35.5. The lowest BCUT2D eigenvalue weighted by Crippen LogP contribution is -2.45. The molecular formula is C48H47Cl2FN6O6S. The van der Waals surface area contributed by atoms with Crippen LogP contribution in [0.25, 0.3) is 38.3 Å². The summed E-state index contributed by atoms with van der Waals surface area (Å²) in [4.78, 5) is 31.8. The van der Waals surface area contributed by atoms with Crippen molar-refractivity contribution in [2.75, 3.05) is 53.5 Å². The molecule has 1 unspecified atom stereocenters. The zero-order chi connectivity index (χ0) is 44.9. The molecule has 0 radical (unpaired) electrons. The van der Waals surface area contributed by atoms with Crippen LogP contribution in [0.5, 0.6) is 17.4 Å². The number of piperazine rings is 1. The topological polar surface area (TPSA) is 132 Å². The number of ether oxygens (including phenoxy) is 4. The van der Waals surface area contributed by atoms with E-state index in [1.165, 1.54) is 12.1 Å². The van der Waals surface area contributed by atoms with Gasteiger partial charge in [0.2, 0.25) is 12.0 Å². The van der Waals surface area contributed by atoms with Crippen LogP contribution in [-0.4, -0.2) is 99.8 Å². The molecule has 12 nitrogen and oxygen atoms in total. The molecule has 332 valence electrons. The normalized spacial score (nSPS) is 16.6. The Morgan fingerprint density at radius 2 is 1.77 bits per heavy atom. The summed E-state index contributed by atoms with van der Waals surface area (Å²) >= 11 is 14.7. The highest BCUT2D eigenvalue weighted by molar-refractivity contribution is 7.13. The second kappa shape index (κ2) is 20.0. The zero-order valence-corrected chi connectivity index (χ0v) is 38.1. The van der Waals surface area contributed by atoms with Crippen LogP contribution >= 0.6 is 34.7 Å². The van der Waals surface area contributed by atoms with Crippen LogP contribution in [-0.2, 0) is 22.6 Å². The first-order valence-corrected chi connectivity index (χ1v) is 22.4. The van der Waals surface area contributed by atoms with Gasteiger partial charge in [-0.3, -0.25) is 9.88 Å². The van der Waals surface area contributed by atoms with Gasteiger partial charge in [-0.05, 0) is 91.1 Å². The molecule has 1 saturated heterocycles. The monoisotopic (exact) mass is 924 g/mol. The Morgan fingerprint density at radius 1 is 1.00 bits per heavy atom. The van der Waals surface area contributed by atoms with Crippen molar-refractivity contribution in [1.82, 2.24) is 29.1 Å². The molecule has 1 fully saturated rings. The maximum absolute atomic E-state index is 14.5. The van der Waals surface area contributed by atoms with E-state index >= 15 is 0 Å². The predicted molar refractivity (Wildman–Crippen MR) is 248 cm³/mol. The number of allylic oxidation sites excluding steroid dienone is 4. The molecule has 2 aliphatic rings. The highest BCUT2D eigenvalue weighted by Crippen LogP contribution is 2.48. The van der Waals surface area contributed by atoms with Crippen LogP contribution in [0, 0.1) is 11.7 Å². The molecule has 4 heterocycles. The number of pyridine rings is 1. The Kier molecular flexibility index (Phi) is 14.1. The van der Waals surface area contributed by atoms with Crippen LogP contribution < -0.4 is 14.2 Å². The number of fused-ring (bicyclic) bond motifs is 1. The third kappa shape index (κ3) is 9.86. The molecule has 6 aromatic rings. The number of hydrogen-bond donors (Lipinski definition) is 1. The van der Waals surface area contributed by atoms with Crippen LogP contribution in [0.15, 0.2) is 102 Å². The van der Waals surface area contributed by atoms with Gasteiger partial charge >= 0.3 is 5.97 Å². The van der Waals surface area contributed by atoms with Crippen LogP contribution in [0.1, 0.15) is 37.1 Å². The van der Waals surface area contributed by atoms with E-state index in [1.54, 1.807) is 43.8 Å². The fourth-order valence-electron chi connectivity index (χ4n) is 8.00. The molecule has 1 N–H and O–H groups in total. The number of methoxy groups -OCH3 is 1. The molecule has 0 amide bonds. The summed E-state index contributed by atoms with van der Waals surface area (Å²) in [6.45, 7) is 9.39. The molecule has 0 bridgehead atoms. The number of carboxylic acids is 1. The van der Waals surface area contributed by atoms with Gasteiger partial charge in [0.25, 0.3) is 0 Å². The fraction of sp³-hybridized carbons (Fsp3) is 0.312.